The number of aryl methyl sites for hydroxylation is 2. The van der Waals surface area contributed by atoms with Crippen LogP contribution in [0.1, 0.15) is 34.3 Å². The number of aromatic nitrogens is 2. The van der Waals surface area contributed by atoms with Gasteiger partial charge in [-0.25, -0.2) is 4.98 Å². The van der Waals surface area contributed by atoms with Gasteiger partial charge in [-0.2, -0.15) is 0 Å². The second kappa shape index (κ2) is 7.42. The number of H-pyrrole nitrogens is 1. The third kappa shape index (κ3) is 3.38. The van der Waals surface area contributed by atoms with Crippen LogP contribution in [0.4, 0.5) is 0 Å². The third-order valence-electron chi connectivity index (χ3n) is 5.23. The number of aliphatic hydroxyl groups excluding tert-OH is 1. The van der Waals surface area contributed by atoms with E-state index in [0.29, 0.717) is 12.4 Å². The molecule has 0 saturated heterocycles. The molecule has 4 rings (SSSR count). The van der Waals surface area contributed by atoms with Crippen LogP contribution in [0.3, 0.4) is 0 Å². The van der Waals surface area contributed by atoms with Gasteiger partial charge in [-0.1, -0.05) is 12.1 Å². The average molecular weight is 385 g/mol. The predicted octanol–water partition coefficient (Wildman–Crippen LogP) is 2.65. The summed E-state index contributed by atoms with van der Waals surface area (Å²) in [6.45, 7) is 0.424. The molecule has 1 aliphatic carbocycles. The fourth-order valence-corrected chi connectivity index (χ4v) is 5.07. The molecular weight excluding hydrogens is 362 g/mol. The minimum absolute atomic E-state index is 0.0252. The van der Waals surface area contributed by atoms with Crippen molar-refractivity contribution < 1.29 is 9.84 Å². The van der Waals surface area contributed by atoms with Crippen molar-refractivity contribution in [2.45, 2.75) is 31.8 Å². The Balaban J connectivity index is 1.59. The Kier molecular flexibility index (Phi) is 4.99. The molecule has 6 nitrogen and oxygen atoms in total. The molecule has 2 N–H and O–H groups in total. The molecule has 0 radical (unpaired) electrons. The molecular formula is C20H23N3O3S. The van der Waals surface area contributed by atoms with Gasteiger partial charge in [-0.05, 0) is 49.6 Å². The maximum atomic E-state index is 12.6. The molecule has 1 unspecified atom stereocenters. The monoisotopic (exact) mass is 385 g/mol. The number of methoxy groups -OCH3 is 1. The zero-order chi connectivity index (χ0) is 19.0. The second-order valence-electron chi connectivity index (χ2n) is 6.94. The van der Waals surface area contributed by atoms with Gasteiger partial charge in [-0.15, -0.1) is 11.3 Å². The lowest BCUT2D eigenvalue weighted by molar-refractivity contribution is 0.140. The van der Waals surface area contributed by atoms with Crippen molar-refractivity contribution in [3.63, 3.8) is 0 Å². The van der Waals surface area contributed by atoms with Crippen LogP contribution in [0.2, 0.25) is 0 Å². The molecule has 142 valence electrons. The lowest BCUT2D eigenvalue weighted by Gasteiger charge is -2.26. The Labute approximate surface area is 161 Å². The summed E-state index contributed by atoms with van der Waals surface area (Å²) in [5.74, 6) is 1.40. The lowest BCUT2D eigenvalue weighted by atomic mass is 10.1. The summed E-state index contributed by atoms with van der Waals surface area (Å²) in [7, 11) is 3.55. The molecule has 0 bridgehead atoms. The molecule has 0 amide bonds. The van der Waals surface area contributed by atoms with E-state index in [-0.39, 0.29) is 18.2 Å². The zero-order valence-corrected chi connectivity index (χ0v) is 16.3. The van der Waals surface area contributed by atoms with Crippen molar-refractivity contribution in [3.8, 4) is 5.75 Å². The van der Waals surface area contributed by atoms with Crippen LogP contribution in [0, 0.1) is 0 Å². The smallest absolute Gasteiger partial charge is 0.259 e. The fraction of sp³-hybridized carbons (Fsp3) is 0.400. The van der Waals surface area contributed by atoms with Gasteiger partial charge in [0.1, 0.15) is 16.4 Å². The van der Waals surface area contributed by atoms with Crippen LogP contribution in [0.5, 0.6) is 5.75 Å². The minimum Gasteiger partial charge on any atom is -0.497 e. The normalized spacial score (nSPS) is 14.7. The van der Waals surface area contributed by atoms with Crippen LogP contribution in [-0.2, 0) is 19.4 Å². The van der Waals surface area contributed by atoms with Gasteiger partial charge in [0.25, 0.3) is 5.56 Å². The summed E-state index contributed by atoms with van der Waals surface area (Å²) in [6, 6.07) is 7.46. The molecule has 3 aromatic rings. The number of rotatable bonds is 6. The molecule has 1 atom stereocenters. The molecule has 0 aliphatic heterocycles. The maximum Gasteiger partial charge on any atom is 0.259 e. The van der Waals surface area contributed by atoms with Crippen LogP contribution < -0.4 is 10.3 Å². The van der Waals surface area contributed by atoms with Crippen molar-refractivity contribution in [2.24, 2.45) is 0 Å². The molecule has 1 aliphatic rings. The second-order valence-corrected chi connectivity index (χ2v) is 8.02. The molecule has 1 aromatic carbocycles. The summed E-state index contributed by atoms with van der Waals surface area (Å²) in [5.41, 5.74) is 2.13. The first-order valence-electron chi connectivity index (χ1n) is 9.09. The van der Waals surface area contributed by atoms with E-state index < -0.39 is 0 Å². The van der Waals surface area contributed by atoms with Crippen molar-refractivity contribution >= 4 is 21.6 Å². The van der Waals surface area contributed by atoms with Gasteiger partial charge in [0.15, 0.2) is 0 Å². The predicted molar refractivity (Wildman–Crippen MR) is 107 cm³/mol. The Morgan fingerprint density at radius 1 is 1.33 bits per heavy atom. The Bertz CT molecular complexity index is 1010. The summed E-state index contributed by atoms with van der Waals surface area (Å²) in [4.78, 5) is 24.4. The summed E-state index contributed by atoms with van der Waals surface area (Å²) >= 11 is 1.64. The number of thiophene rings is 1. The number of aromatic amines is 1. The van der Waals surface area contributed by atoms with Crippen LogP contribution in [0.15, 0.2) is 29.1 Å². The first-order chi connectivity index (χ1) is 13.1. The molecule has 0 spiro atoms. The number of hydrogen-bond donors (Lipinski definition) is 2. The van der Waals surface area contributed by atoms with Gasteiger partial charge in [0.2, 0.25) is 0 Å². The Hall–Kier alpha value is -2.22. The van der Waals surface area contributed by atoms with Gasteiger partial charge in [0.05, 0.1) is 31.7 Å². The molecule has 0 saturated carbocycles. The SMILES string of the molecule is COc1ccc(C(CO)N(C)Cc2nc3sc4c(c3c(=O)[nH]2)CCC4)cc1. The standard InChI is InChI=1S/C20H23N3O3S/c1-23(15(11-24)12-6-8-13(26-2)9-7-12)10-17-21-19(25)18-14-4-3-5-16(14)27-20(18)22-17/h6-9,15,24H,3-5,10-11H2,1-2H3,(H,21,22,25). The van der Waals surface area contributed by atoms with E-state index >= 15 is 0 Å². The average Bonchev–Trinajstić information content (AvgIpc) is 3.23. The van der Waals surface area contributed by atoms with Crippen molar-refractivity contribution in [3.05, 3.63) is 56.4 Å². The van der Waals surface area contributed by atoms with Crippen molar-refractivity contribution in [1.82, 2.24) is 14.9 Å². The highest BCUT2D eigenvalue weighted by atomic mass is 32.1. The number of nitrogens with one attached hydrogen (secondary N) is 1. The van der Waals surface area contributed by atoms with Crippen molar-refractivity contribution in [2.75, 3.05) is 20.8 Å². The number of benzene rings is 1. The third-order valence-corrected chi connectivity index (χ3v) is 6.41. The van der Waals surface area contributed by atoms with Gasteiger partial charge in [-0.3, -0.25) is 9.69 Å². The van der Waals surface area contributed by atoms with E-state index in [1.807, 2.05) is 36.2 Å². The molecule has 2 aromatic heterocycles. The number of ether oxygens (including phenoxy) is 1. The van der Waals surface area contributed by atoms with Gasteiger partial charge in [0, 0.05) is 4.88 Å². The van der Waals surface area contributed by atoms with E-state index in [0.717, 1.165) is 40.8 Å². The summed E-state index contributed by atoms with van der Waals surface area (Å²) < 4.78 is 5.19. The van der Waals surface area contributed by atoms with E-state index in [1.54, 1.807) is 18.4 Å². The highest BCUT2D eigenvalue weighted by Crippen LogP contribution is 2.34. The summed E-state index contributed by atoms with van der Waals surface area (Å²) in [6.07, 6.45) is 3.15. The van der Waals surface area contributed by atoms with Crippen LogP contribution >= 0.6 is 11.3 Å². The van der Waals surface area contributed by atoms with Crippen molar-refractivity contribution in [1.29, 1.82) is 0 Å². The van der Waals surface area contributed by atoms with E-state index in [2.05, 4.69) is 4.98 Å². The largest absolute Gasteiger partial charge is 0.497 e. The van der Waals surface area contributed by atoms with Gasteiger partial charge < -0.3 is 14.8 Å². The minimum atomic E-state index is -0.190. The van der Waals surface area contributed by atoms with Gasteiger partial charge >= 0.3 is 0 Å². The molecule has 7 heteroatoms. The Morgan fingerprint density at radius 3 is 2.81 bits per heavy atom. The van der Waals surface area contributed by atoms with Crippen LogP contribution in [0.25, 0.3) is 10.2 Å². The topological polar surface area (TPSA) is 78.5 Å². The number of hydrogen-bond acceptors (Lipinski definition) is 6. The molecule has 0 fully saturated rings. The lowest BCUT2D eigenvalue weighted by Crippen LogP contribution is -2.28. The number of aliphatic hydroxyl groups is 1. The maximum absolute atomic E-state index is 12.6. The van der Waals surface area contributed by atoms with E-state index in [4.69, 9.17) is 9.72 Å². The Morgan fingerprint density at radius 2 is 2.11 bits per heavy atom. The highest BCUT2D eigenvalue weighted by molar-refractivity contribution is 7.18. The van der Waals surface area contributed by atoms with E-state index in [1.165, 1.54) is 10.4 Å². The first kappa shape index (κ1) is 18.2. The van der Waals surface area contributed by atoms with E-state index in [9.17, 15) is 9.90 Å². The number of nitrogens with zero attached hydrogens (tertiary/aromatic N) is 2. The zero-order valence-electron chi connectivity index (χ0n) is 15.5. The quantitative estimate of drug-likeness (QED) is 0.682. The first-order valence-corrected chi connectivity index (χ1v) is 9.91. The highest BCUT2D eigenvalue weighted by Gasteiger charge is 2.22. The van der Waals surface area contributed by atoms with Crippen LogP contribution in [-0.4, -0.2) is 40.7 Å². The number of fused-ring (bicyclic) bond motifs is 3. The molecule has 2 heterocycles. The fourth-order valence-electron chi connectivity index (χ4n) is 3.79. The summed E-state index contributed by atoms with van der Waals surface area (Å²) in [5, 5.41) is 10.7. The molecule has 27 heavy (non-hydrogen) atoms. The number of likely N-dealkylation sites (N-methyl/N-ethyl adjacent to an activating group) is 1.